The van der Waals surface area contributed by atoms with Gasteiger partial charge in [0, 0.05) is 28.4 Å². The molecule has 0 heterocycles. The molecule has 0 aromatic heterocycles. The van der Waals surface area contributed by atoms with Crippen LogP contribution >= 0.6 is 11.6 Å². The van der Waals surface area contributed by atoms with Gasteiger partial charge in [0.2, 0.25) is 0 Å². The number of benzene rings is 2. The van der Waals surface area contributed by atoms with E-state index in [1.165, 1.54) is 12.8 Å². The van der Waals surface area contributed by atoms with Crippen LogP contribution in [0.1, 0.15) is 26.2 Å². The largest absolute Gasteiger partial charge is 0.488 e. The molecule has 0 radical (unpaired) electrons. The number of ether oxygens (including phenoxy) is 1. The molecule has 1 atom stereocenters. The van der Waals surface area contributed by atoms with Gasteiger partial charge in [-0.05, 0) is 31.4 Å². The van der Waals surface area contributed by atoms with Crippen LogP contribution in [0.25, 0.3) is 10.8 Å². The van der Waals surface area contributed by atoms with Crippen LogP contribution in [-0.4, -0.2) is 18.7 Å². The van der Waals surface area contributed by atoms with Crippen LogP contribution in [0, 0.1) is 0 Å². The SMILES string of the molecule is CCC(CNC1CC1)Oc1ccc(Cl)c2ccccc12. The minimum Gasteiger partial charge on any atom is -0.488 e. The molecule has 3 rings (SSSR count). The molecule has 2 aromatic carbocycles. The Morgan fingerprint density at radius 2 is 1.95 bits per heavy atom. The molecule has 1 saturated carbocycles. The highest BCUT2D eigenvalue weighted by molar-refractivity contribution is 6.35. The van der Waals surface area contributed by atoms with Crippen LogP contribution in [0.2, 0.25) is 5.02 Å². The topological polar surface area (TPSA) is 21.3 Å². The van der Waals surface area contributed by atoms with E-state index < -0.39 is 0 Å². The van der Waals surface area contributed by atoms with Crippen LogP contribution in [0.5, 0.6) is 5.75 Å². The molecule has 20 heavy (non-hydrogen) atoms. The second kappa shape index (κ2) is 6.02. The van der Waals surface area contributed by atoms with Gasteiger partial charge >= 0.3 is 0 Å². The monoisotopic (exact) mass is 289 g/mol. The number of rotatable bonds is 6. The molecule has 1 unspecified atom stereocenters. The lowest BCUT2D eigenvalue weighted by molar-refractivity contribution is 0.195. The zero-order chi connectivity index (χ0) is 13.9. The molecule has 0 amide bonds. The molecule has 0 bridgehead atoms. The molecule has 0 spiro atoms. The van der Waals surface area contributed by atoms with Gasteiger partial charge in [0.15, 0.2) is 0 Å². The van der Waals surface area contributed by atoms with Crippen LogP contribution < -0.4 is 10.1 Å². The first-order valence-corrected chi connectivity index (χ1v) is 7.73. The summed E-state index contributed by atoms with van der Waals surface area (Å²) in [6.45, 7) is 3.08. The van der Waals surface area contributed by atoms with Crippen molar-refractivity contribution in [2.45, 2.75) is 38.3 Å². The number of hydrogen-bond donors (Lipinski definition) is 1. The van der Waals surface area contributed by atoms with Crippen molar-refractivity contribution in [3.63, 3.8) is 0 Å². The molecule has 0 saturated heterocycles. The maximum atomic E-state index is 6.24. The van der Waals surface area contributed by atoms with E-state index in [-0.39, 0.29) is 6.10 Å². The van der Waals surface area contributed by atoms with E-state index in [2.05, 4.69) is 18.3 Å². The average molecular weight is 290 g/mol. The zero-order valence-electron chi connectivity index (χ0n) is 11.7. The first-order valence-electron chi connectivity index (χ1n) is 7.35. The Kier molecular flexibility index (Phi) is 4.13. The van der Waals surface area contributed by atoms with Crippen molar-refractivity contribution in [3.05, 3.63) is 41.4 Å². The molecule has 1 aliphatic rings. The minimum absolute atomic E-state index is 0.209. The van der Waals surface area contributed by atoms with Crippen molar-refractivity contribution in [3.8, 4) is 5.75 Å². The molecule has 1 fully saturated rings. The van der Waals surface area contributed by atoms with Crippen molar-refractivity contribution >= 4 is 22.4 Å². The maximum absolute atomic E-state index is 6.24. The summed E-state index contributed by atoms with van der Waals surface area (Å²) in [7, 11) is 0. The van der Waals surface area contributed by atoms with Gasteiger partial charge < -0.3 is 10.1 Å². The molecule has 1 N–H and O–H groups in total. The Morgan fingerprint density at radius 1 is 1.20 bits per heavy atom. The normalized spacial score (nSPS) is 16.3. The van der Waals surface area contributed by atoms with E-state index in [1.807, 2.05) is 30.3 Å². The minimum atomic E-state index is 0.209. The lowest BCUT2D eigenvalue weighted by atomic mass is 10.1. The summed E-state index contributed by atoms with van der Waals surface area (Å²) in [6, 6.07) is 12.7. The van der Waals surface area contributed by atoms with Crippen molar-refractivity contribution in [2.24, 2.45) is 0 Å². The van der Waals surface area contributed by atoms with Crippen molar-refractivity contribution in [2.75, 3.05) is 6.54 Å². The summed E-state index contributed by atoms with van der Waals surface area (Å²) in [5.41, 5.74) is 0. The summed E-state index contributed by atoms with van der Waals surface area (Å²) in [4.78, 5) is 0. The molecule has 0 aliphatic heterocycles. The van der Waals surface area contributed by atoms with Gasteiger partial charge in [0.1, 0.15) is 11.9 Å². The van der Waals surface area contributed by atoms with Crippen LogP contribution in [0.15, 0.2) is 36.4 Å². The summed E-state index contributed by atoms with van der Waals surface area (Å²) in [6.07, 6.45) is 3.82. The second-order valence-corrected chi connectivity index (χ2v) is 5.83. The highest BCUT2D eigenvalue weighted by Crippen LogP contribution is 2.32. The third-order valence-electron chi connectivity index (χ3n) is 3.79. The molecule has 106 valence electrons. The predicted octanol–water partition coefficient (Wildman–Crippen LogP) is 4.40. The van der Waals surface area contributed by atoms with Gasteiger partial charge in [-0.2, -0.15) is 0 Å². The van der Waals surface area contributed by atoms with E-state index in [0.717, 1.165) is 40.6 Å². The fraction of sp³-hybridized carbons (Fsp3) is 0.412. The number of fused-ring (bicyclic) bond motifs is 1. The Balaban J connectivity index is 1.79. The van der Waals surface area contributed by atoms with Crippen molar-refractivity contribution in [1.29, 1.82) is 0 Å². The lowest BCUT2D eigenvalue weighted by Crippen LogP contribution is -2.32. The van der Waals surface area contributed by atoms with Gasteiger partial charge in [0.25, 0.3) is 0 Å². The van der Waals surface area contributed by atoms with E-state index in [4.69, 9.17) is 16.3 Å². The Morgan fingerprint density at radius 3 is 2.65 bits per heavy atom. The summed E-state index contributed by atoms with van der Waals surface area (Å²) < 4.78 is 6.19. The summed E-state index contributed by atoms with van der Waals surface area (Å²) >= 11 is 6.24. The predicted molar refractivity (Wildman–Crippen MR) is 84.7 cm³/mol. The molecule has 2 aromatic rings. The molecular weight excluding hydrogens is 270 g/mol. The van der Waals surface area contributed by atoms with Gasteiger partial charge in [-0.25, -0.2) is 0 Å². The quantitative estimate of drug-likeness (QED) is 0.851. The Hall–Kier alpha value is -1.25. The molecule has 1 aliphatic carbocycles. The van der Waals surface area contributed by atoms with E-state index in [1.54, 1.807) is 0 Å². The van der Waals surface area contributed by atoms with Gasteiger partial charge in [-0.1, -0.05) is 42.8 Å². The van der Waals surface area contributed by atoms with Gasteiger partial charge in [0.05, 0.1) is 0 Å². The van der Waals surface area contributed by atoms with Crippen molar-refractivity contribution < 1.29 is 4.74 Å². The first kappa shape index (κ1) is 13.7. The highest BCUT2D eigenvalue weighted by atomic mass is 35.5. The lowest BCUT2D eigenvalue weighted by Gasteiger charge is -2.19. The third kappa shape index (κ3) is 3.08. The third-order valence-corrected chi connectivity index (χ3v) is 4.12. The first-order chi connectivity index (χ1) is 9.78. The van der Waals surface area contributed by atoms with Gasteiger partial charge in [-0.15, -0.1) is 0 Å². The second-order valence-electron chi connectivity index (χ2n) is 5.42. The van der Waals surface area contributed by atoms with E-state index in [0.29, 0.717) is 0 Å². The molecule has 3 heteroatoms. The standard InChI is InChI=1S/C17H20ClNO/c1-2-13(11-19-12-7-8-12)20-17-10-9-16(18)14-5-3-4-6-15(14)17/h3-6,9-10,12-13,19H,2,7-8,11H2,1H3. The molecule has 2 nitrogen and oxygen atoms in total. The number of nitrogens with one attached hydrogen (secondary N) is 1. The maximum Gasteiger partial charge on any atom is 0.127 e. The van der Waals surface area contributed by atoms with E-state index in [9.17, 15) is 0 Å². The summed E-state index contributed by atoms with van der Waals surface area (Å²) in [5, 5.41) is 6.45. The van der Waals surface area contributed by atoms with Crippen LogP contribution in [0.3, 0.4) is 0 Å². The molecular formula is C17H20ClNO. The van der Waals surface area contributed by atoms with E-state index >= 15 is 0 Å². The summed E-state index contributed by atoms with van der Waals surface area (Å²) in [5.74, 6) is 0.925. The van der Waals surface area contributed by atoms with Crippen LogP contribution in [0.4, 0.5) is 0 Å². The van der Waals surface area contributed by atoms with Crippen molar-refractivity contribution in [1.82, 2.24) is 5.32 Å². The van der Waals surface area contributed by atoms with Gasteiger partial charge in [-0.3, -0.25) is 0 Å². The average Bonchev–Trinajstić information content (AvgIpc) is 3.30. The highest BCUT2D eigenvalue weighted by Gasteiger charge is 2.22. The number of halogens is 1. The zero-order valence-corrected chi connectivity index (χ0v) is 12.5. The van der Waals surface area contributed by atoms with Crippen LogP contribution in [-0.2, 0) is 0 Å². The fourth-order valence-electron chi connectivity index (χ4n) is 2.37. The Bertz CT molecular complexity index is 595. The smallest absolute Gasteiger partial charge is 0.127 e. The Labute approximate surface area is 125 Å². The fourth-order valence-corrected chi connectivity index (χ4v) is 2.60. The number of hydrogen-bond acceptors (Lipinski definition) is 2.